The van der Waals surface area contributed by atoms with Crippen molar-refractivity contribution in [2.45, 2.75) is 45.6 Å². The zero-order valence-electron chi connectivity index (χ0n) is 11.7. The zero-order valence-corrected chi connectivity index (χ0v) is 12.4. The highest BCUT2D eigenvalue weighted by atomic mass is 35.5. The lowest BCUT2D eigenvalue weighted by atomic mass is 9.70. The standard InChI is InChI=1S/C16H24ClN/c1-16(2)10-8-12(9-11-16)15(18-3)13-6-4-5-7-14(13)17/h4-7,12,15,18H,8-11H2,1-3H3. The molecule has 1 fully saturated rings. The van der Waals surface area contributed by atoms with Gasteiger partial charge in [0.25, 0.3) is 0 Å². The van der Waals surface area contributed by atoms with Gasteiger partial charge in [-0.05, 0) is 55.7 Å². The van der Waals surface area contributed by atoms with Crippen LogP contribution in [0.3, 0.4) is 0 Å². The fourth-order valence-electron chi connectivity index (χ4n) is 3.13. The van der Waals surface area contributed by atoms with Gasteiger partial charge in [0.05, 0.1) is 0 Å². The Kier molecular flexibility index (Phi) is 4.34. The van der Waals surface area contributed by atoms with Crippen molar-refractivity contribution in [2.75, 3.05) is 7.05 Å². The van der Waals surface area contributed by atoms with E-state index in [1.165, 1.54) is 31.2 Å². The molecule has 0 radical (unpaired) electrons. The van der Waals surface area contributed by atoms with Gasteiger partial charge in [0, 0.05) is 11.1 Å². The second kappa shape index (κ2) is 5.63. The second-order valence-corrected chi connectivity index (χ2v) is 6.70. The third kappa shape index (κ3) is 3.07. The van der Waals surface area contributed by atoms with Gasteiger partial charge in [0.2, 0.25) is 0 Å². The molecule has 100 valence electrons. The van der Waals surface area contributed by atoms with E-state index in [1.54, 1.807) is 0 Å². The van der Waals surface area contributed by atoms with Crippen molar-refractivity contribution in [3.63, 3.8) is 0 Å². The third-order valence-corrected chi connectivity index (χ3v) is 4.75. The maximum absolute atomic E-state index is 6.33. The molecule has 1 saturated carbocycles. The fraction of sp³-hybridized carbons (Fsp3) is 0.625. The molecule has 1 aromatic carbocycles. The van der Waals surface area contributed by atoms with Crippen LogP contribution >= 0.6 is 11.6 Å². The molecule has 18 heavy (non-hydrogen) atoms. The minimum Gasteiger partial charge on any atom is -0.313 e. The number of nitrogens with one attached hydrogen (secondary N) is 1. The number of benzene rings is 1. The van der Waals surface area contributed by atoms with E-state index in [4.69, 9.17) is 11.6 Å². The molecule has 0 spiro atoms. The average Bonchev–Trinajstić information content (AvgIpc) is 2.34. The Balaban J connectivity index is 2.13. The molecule has 1 unspecified atom stereocenters. The SMILES string of the molecule is CNC(c1ccccc1Cl)C1CCC(C)(C)CC1. The Bertz CT molecular complexity index is 390. The summed E-state index contributed by atoms with van der Waals surface area (Å²) in [5.74, 6) is 0.711. The molecule has 0 bridgehead atoms. The fourth-order valence-corrected chi connectivity index (χ4v) is 3.38. The van der Waals surface area contributed by atoms with Crippen LogP contribution in [0.4, 0.5) is 0 Å². The minimum absolute atomic E-state index is 0.398. The van der Waals surface area contributed by atoms with E-state index in [9.17, 15) is 0 Å². The molecular formula is C16H24ClN. The Morgan fingerprint density at radius 1 is 1.22 bits per heavy atom. The molecule has 1 aliphatic rings. The first-order chi connectivity index (χ1) is 8.53. The molecular weight excluding hydrogens is 242 g/mol. The van der Waals surface area contributed by atoms with Gasteiger partial charge < -0.3 is 5.32 Å². The van der Waals surface area contributed by atoms with Gasteiger partial charge in [0.1, 0.15) is 0 Å². The maximum Gasteiger partial charge on any atom is 0.0453 e. The van der Waals surface area contributed by atoms with E-state index in [2.05, 4.69) is 31.3 Å². The van der Waals surface area contributed by atoms with E-state index in [1.807, 2.05) is 19.2 Å². The first-order valence-corrected chi connectivity index (χ1v) is 7.33. The van der Waals surface area contributed by atoms with Gasteiger partial charge in [-0.3, -0.25) is 0 Å². The number of hydrogen-bond acceptors (Lipinski definition) is 1. The van der Waals surface area contributed by atoms with E-state index in [0.717, 1.165) is 5.02 Å². The summed E-state index contributed by atoms with van der Waals surface area (Å²) in [4.78, 5) is 0. The van der Waals surface area contributed by atoms with Crippen molar-refractivity contribution < 1.29 is 0 Å². The van der Waals surface area contributed by atoms with Gasteiger partial charge in [0.15, 0.2) is 0 Å². The summed E-state index contributed by atoms with van der Waals surface area (Å²) in [6.07, 6.45) is 5.23. The molecule has 1 aromatic rings. The third-order valence-electron chi connectivity index (χ3n) is 4.41. The van der Waals surface area contributed by atoms with Crippen molar-refractivity contribution in [2.24, 2.45) is 11.3 Å². The predicted octanol–water partition coefficient (Wildman–Crippen LogP) is 4.82. The van der Waals surface area contributed by atoms with Crippen LogP contribution in [0.1, 0.15) is 51.1 Å². The lowest BCUT2D eigenvalue weighted by Gasteiger charge is -2.38. The lowest BCUT2D eigenvalue weighted by molar-refractivity contribution is 0.164. The van der Waals surface area contributed by atoms with E-state index >= 15 is 0 Å². The van der Waals surface area contributed by atoms with Gasteiger partial charge in [-0.1, -0.05) is 43.6 Å². The maximum atomic E-state index is 6.33. The topological polar surface area (TPSA) is 12.0 Å². The van der Waals surface area contributed by atoms with E-state index < -0.39 is 0 Å². The molecule has 0 aromatic heterocycles. The molecule has 0 aliphatic heterocycles. The first-order valence-electron chi connectivity index (χ1n) is 6.95. The molecule has 1 aliphatic carbocycles. The number of halogens is 1. The van der Waals surface area contributed by atoms with Crippen LogP contribution < -0.4 is 5.32 Å². The summed E-state index contributed by atoms with van der Waals surface area (Å²) in [6, 6.07) is 8.63. The van der Waals surface area contributed by atoms with Crippen LogP contribution in [0.25, 0.3) is 0 Å². The van der Waals surface area contributed by atoms with Crippen molar-refractivity contribution in [3.05, 3.63) is 34.9 Å². The van der Waals surface area contributed by atoms with Crippen LogP contribution in [0, 0.1) is 11.3 Å². The monoisotopic (exact) mass is 265 g/mol. The Morgan fingerprint density at radius 2 is 1.83 bits per heavy atom. The summed E-state index contributed by atoms with van der Waals surface area (Å²) >= 11 is 6.33. The molecule has 1 nitrogen and oxygen atoms in total. The summed E-state index contributed by atoms with van der Waals surface area (Å²) in [5, 5.41) is 4.36. The van der Waals surface area contributed by atoms with Crippen LogP contribution in [-0.2, 0) is 0 Å². The van der Waals surface area contributed by atoms with Gasteiger partial charge in [-0.25, -0.2) is 0 Å². The Morgan fingerprint density at radius 3 is 2.39 bits per heavy atom. The minimum atomic E-state index is 0.398. The second-order valence-electron chi connectivity index (χ2n) is 6.29. The normalized spacial score (nSPS) is 21.8. The predicted molar refractivity (Wildman–Crippen MR) is 79.0 cm³/mol. The van der Waals surface area contributed by atoms with Crippen LogP contribution in [0.15, 0.2) is 24.3 Å². The Labute approximate surface area is 116 Å². The Hall–Kier alpha value is -0.530. The zero-order chi connectivity index (χ0) is 13.2. The molecule has 1 atom stereocenters. The molecule has 0 amide bonds. The molecule has 2 rings (SSSR count). The molecule has 1 N–H and O–H groups in total. The molecule has 0 heterocycles. The van der Waals surface area contributed by atoms with Gasteiger partial charge in [-0.15, -0.1) is 0 Å². The van der Waals surface area contributed by atoms with Crippen LogP contribution in [0.5, 0.6) is 0 Å². The first kappa shape index (κ1) is 13.9. The van der Waals surface area contributed by atoms with Crippen molar-refractivity contribution in [1.82, 2.24) is 5.32 Å². The summed E-state index contributed by atoms with van der Waals surface area (Å²) in [6.45, 7) is 4.76. The quantitative estimate of drug-likeness (QED) is 0.826. The highest BCUT2D eigenvalue weighted by Crippen LogP contribution is 2.43. The number of rotatable bonds is 3. The van der Waals surface area contributed by atoms with Crippen molar-refractivity contribution >= 4 is 11.6 Å². The highest BCUT2D eigenvalue weighted by molar-refractivity contribution is 6.31. The average molecular weight is 266 g/mol. The van der Waals surface area contributed by atoms with Crippen LogP contribution in [0.2, 0.25) is 5.02 Å². The largest absolute Gasteiger partial charge is 0.313 e. The van der Waals surface area contributed by atoms with E-state index in [0.29, 0.717) is 17.4 Å². The smallest absolute Gasteiger partial charge is 0.0453 e. The van der Waals surface area contributed by atoms with Crippen LogP contribution in [-0.4, -0.2) is 7.05 Å². The number of hydrogen-bond donors (Lipinski definition) is 1. The lowest BCUT2D eigenvalue weighted by Crippen LogP contribution is -2.31. The van der Waals surface area contributed by atoms with Gasteiger partial charge >= 0.3 is 0 Å². The van der Waals surface area contributed by atoms with Crippen molar-refractivity contribution in [1.29, 1.82) is 0 Å². The molecule has 2 heteroatoms. The van der Waals surface area contributed by atoms with Gasteiger partial charge in [-0.2, -0.15) is 0 Å². The van der Waals surface area contributed by atoms with Crippen molar-refractivity contribution in [3.8, 4) is 0 Å². The highest BCUT2D eigenvalue weighted by Gasteiger charge is 2.31. The van der Waals surface area contributed by atoms with E-state index in [-0.39, 0.29) is 0 Å². The molecule has 0 saturated heterocycles. The summed E-state index contributed by atoms with van der Waals surface area (Å²) < 4.78 is 0. The summed E-state index contributed by atoms with van der Waals surface area (Å²) in [5.41, 5.74) is 1.78. The summed E-state index contributed by atoms with van der Waals surface area (Å²) in [7, 11) is 2.05.